The van der Waals surface area contributed by atoms with E-state index in [1.807, 2.05) is 19.2 Å². The Hall–Kier alpha value is -1.12. The van der Waals surface area contributed by atoms with Crippen molar-refractivity contribution in [3.63, 3.8) is 0 Å². The average Bonchev–Trinajstić information content (AvgIpc) is 2.28. The molecule has 0 spiro atoms. The molecule has 0 radical (unpaired) electrons. The highest BCUT2D eigenvalue weighted by molar-refractivity contribution is 5.32. The van der Waals surface area contributed by atoms with Crippen LogP contribution in [0.25, 0.3) is 0 Å². The Balaban J connectivity index is 1.86. The fourth-order valence-electron chi connectivity index (χ4n) is 2.49. The maximum absolute atomic E-state index is 4.36. The van der Waals surface area contributed by atoms with Crippen LogP contribution in [0.5, 0.6) is 0 Å². The topological polar surface area (TPSA) is 37.8 Å². The highest BCUT2D eigenvalue weighted by Gasteiger charge is 2.20. The van der Waals surface area contributed by atoms with Crippen LogP contribution in [0.1, 0.15) is 38.4 Å². The summed E-state index contributed by atoms with van der Waals surface area (Å²) in [7, 11) is 0. The molecule has 88 valence electrons. The molecule has 16 heavy (non-hydrogen) atoms. The molecule has 1 aliphatic carbocycles. The van der Waals surface area contributed by atoms with Crippen LogP contribution in [0, 0.1) is 18.8 Å². The van der Waals surface area contributed by atoms with Gasteiger partial charge in [-0.2, -0.15) is 0 Å². The minimum atomic E-state index is 0.809. The first-order chi connectivity index (χ1) is 7.75. The minimum absolute atomic E-state index is 0.809. The minimum Gasteiger partial charge on any atom is -0.370 e. The largest absolute Gasteiger partial charge is 0.370 e. The molecule has 1 N–H and O–H groups in total. The van der Waals surface area contributed by atoms with Crippen molar-refractivity contribution in [1.82, 2.24) is 9.97 Å². The Bertz CT molecular complexity index is 338. The van der Waals surface area contributed by atoms with Gasteiger partial charge in [0.05, 0.1) is 0 Å². The molecule has 0 saturated heterocycles. The molecule has 1 heterocycles. The van der Waals surface area contributed by atoms with E-state index in [1.54, 1.807) is 0 Å². The Labute approximate surface area is 97.7 Å². The summed E-state index contributed by atoms with van der Waals surface area (Å²) in [5, 5.41) is 3.43. The van der Waals surface area contributed by atoms with Gasteiger partial charge < -0.3 is 5.32 Å². The van der Waals surface area contributed by atoms with E-state index >= 15 is 0 Å². The number of anilines is 1. The van der Waals surface area contributed by atoms with Crippen LogP contribution in [-0.4, -0.2) is 16.5 Å². The zero-order chi connectivity index (χ0) is 11.4. The fraction of sp³-hybridized carbons (Fsp3) is 0.692. The molecule has 1 aromatic rings. The molecule has 1 fully saturated rings. The van der Waals surface area contributed by atoms with Gasteiger partial charge >= 0.3 is 0 Å². The lowest BCUT2D eigenvalue weighted by atomic mass is 9.80. The van der Waals surface area contributed by atoms with Crippen molar-refractivity contribution in [2.75, 3.05) is 11.9 Å². The van der Waals surface area contributed by atoms with Crippen molar-refractivity contribution in [3.8, 4) is 0 Å². The summed E-state index contributed by atoms with van der Waals surface area (Å²) in [5.41, 5.74) is 0. The number of nitrogens with zero attached hydrogens (tertiary/aromatic N) is 2. The molecule has 1 aromatic heterocycles. The van der Waals surface area contributed by atoms with Gasteiger partial charge in [-0.3, -0.25) is 0 Å². The Kier molecular flexibility index (Phi) is 3.75. The summed E-state index contributed by atoms with van der Waals surface area (Å²) in [6.07, 6.45) is 7.35. The van der Waals surface area contributed by atoms with Crippen LogP contribution in [0.3, 0.4) is 0 Å². The van der Waals surface area contributed by atoms with Gasteiger partial charge in [-0.25, -0.2) is 9.97 Å². The van der Waals surface area contributed by atoms with Crippen molar-refractivity contribution in [1.29, 1.82) is 0 Å². The summed E-state index contributed by atoms with van der Waals surface area (Å²) in [4.78, 5) is 8.46. The van der Waals surface area contributed by atoms with Crippen molar-refractivity contribution < 1.29 is 0 Å². The van der Waals surface area contributed by atoms with E-state index in [0.717, 1.165) is 30.0 Å². The number of nitrogens with one attached hydrogen (secondary N) is 1. The van der Waals surface area contributed by atoms with E-state index < -0.39 is 0 Å². The van der Waals surface area contributed by atoms with Crippen LogP contribution >= 0.6 is 0 Å². The Morgan fingerprint density at radius 2 is 2.19 bits per heavy atom. The monoisotopic (exact) mass is 219 g/mol. The molecule has 0 aliphatic heterocycles. The molecular weight excluding hydrogens is 198 g/mol. The van der Waals surface area contributed by atoms with Crippen LogP contribution in [-0.2, 0) is 0 Å². The van der Waals surface area contributed by atoms with Crippen molar-refractivity contribution in [2.24, 2.45) is 11.8 Å². The van der Waals surface area contributed by atoms with E-state index in [0.29, 0.717) is 0 Å². The van der Waals surface area contributed by atoms with Crippen molar-refractivity contribution in [3.05, 3.63) is 18.1 Å². The molecule has 0 aromatic carbocycles. The zero-order valence-corrected chi connectivity index (χ0v) is 10.2. The quantitative estimate of drug-likeness (QED) is 0.849. The predicted molar refractivity (Wildman–Crippen MR) is 66.4 cm³/mol. The molecule has 2 atom stereocenters. The number of aryl methyl sites for hydroxylation is 1. The van der Waals surface area contributed by atoms with E-state index in [-0.39, 0.29) is 0 Å². The molecule has 0 amide bonds. The van der Waals surface area contributed by atoms with E-state index in [2.05, 4.69) is 22.2 Å². The van der Waals surface area contributed by atoms with Gasteiger partial charge in [0.2, 0.25) is 0 Å². The summed E-state index contributed by atoms with van der Waals surface area (Å²) < 4.78 is 0. The smallest absolute Gasteiger partial charge is 0.129 e. The number of hydrogen-bond donors (Lipinski definition) is 1. The first-order valence-electron chi connectivity index (χ1n) is 6.29. The summed E-state index contributed by atoms with van der Waals surface area (Å²) in [5.74, 6) is 3.46. The Morgan fingerprint density at radius 3 is 2.94 bits per heavy atom. The second kappa shape index (κ2) is 5.28. The average molecular weight is 219 g/mol. The normalized spacial score (nSPS) is 25.4. The summed E-state index contributed by atoms with van der Waals surface area (Å²) in [6.45, 7) is 5.35. The molecule has 1 aliphatic rings. The van der Waals surface area contributed by atoms with E-state index in [1.165, 1.54) is 25.7 Å². The second-order valence-electron chi connectivity index (χ2n) is 4.89. The molecule has 3 nitrogen and oxygen atoms in total. The third-order valence-electron chi connectivity index (χ3n) is 3.61. The molecule has 2 unspecified atom stereocenters. The second-order valence-corrected chi connectivity index (χ2v) is 4.89. The van der Waals surface area contributed by atoms with Crippen LogP contribution in [0.2, 0.25) is 0 Å². The van der Waals surface area contributed by atoms with Gasteiger partial charge in [0, 0.05) is 12.7 Å². The van der Waals surface area contributed by atoms with Gasteiger partial charge in [-0.15, -0.1) is 0 Å². The third kappa shape index (κ3) is 2.94. The van der Waals surface area contributed by atoms with Crippen LogP contribution in [0.4, 0.5) is 5.82 Å². The summed E-state index contributed by atoms with van der Waals surface area (Å²) in [6, 6.07) is 1.94. The molecular formula is C13H21N3. The highest BCUT2D eigenvalue weighted by Crippen LogP contribution is 2.29. The first kappa shape index (κ1) is 11.4. The lowest BCUT2D eigenvalue weighted by Crippen LogP contribution is -2.24. The predicted octanol–water partition coefficient (Wildman–Crippen LogP) is 3.02. The van der Waals surface area contributed by atoms with Gasteiger partial charge in [-0.05, 0) is 31.2 Å². The van der Waals surface area contributed by atoms with E-state index in [4.69, 9.17) is 0 Å². The number of rotatable bonds is 3. The van der Waals surface area contributed by atoms with Crippen LogP contribution < -0.4 is 5.32 Å². The van der Waals surface area contributed by atoms with Gasteiger partial charge in [0.25, 0.3) is 0 Å². The molecule has 3 heteroatoms. The zero-order valence-electron chi connectivity index (χ0n) is 10.2. The van der Waals surface area contributed by atoms with Gasteiger partial charge in [-0.1, -0.05) is 26.2 Å². The fourth-order valence-corrected chi connectivity index (χ4v) is 2.49. The molecule has 2 rings (SSSR count). The van der Waals surface area contributed by atoms with Crippen molar-refractivity contribution >= 4 is 5.82 Å². The van der Waals surface area contributed by atoms with Crippen LogP contribution in [0.15, 0.2) is 12.3 Å². The van der Waals surface area contributed by atoms with Gasteiger partial charge in [0.15, 0.2) is 0 Å². The molecule has 0 bridgehead atoms. The maximum atomic E-state index is 4.36. The summed E-state index contributed by atoms with van der Waals surface area (Å²) >= 11 is 0. The number of aromatic nitrogens is 2. The SMILES string of the molecule is Cc1nccc(NCC2CCCCC2C)n1. The Morgan fingerprint density at radius 1 is 1.38 bits per heavy atom. The standard InChI is InChI=1S/C13H21N3/c1-10-5-3-4-6-12(10)9-15-13-7-8-14-11(2)16-13/h7-8,10,12H,3-6,9H2,1-2H3,(H,14,15,16). The lowest BCUT2D eigenvalue weighted by Gasteiger charge is -2.28. The highest BCUT2D eigenvalue weighted by atomic mass is 15.0. The van der Waals surface area contributed by atoms with E-state index in [9.17, 15) is 0 Å². The van der Waals surface area contributed by atoms with Crippen molar-refractivity contribution in [2.45, 2.75) is 39.5 Å². The number of hydrogen-bond acceptors (Lipinski definition) is 3. The van der Waals surface area contributed by atoms with Gasteiger partial charge in [0.1, 0.15) is 11.6 Å². The first-order valence-corrected chi connectivity index (χ1v) is 6.29. The maximum Gasteiger partial charge on any atom is 0.129 e. The third-order valence-corrected chi connectivity index (χ3v) is 3.61. The molecule has 1 saturated carbocycles. The lowest BCUT2D eigenvalue weighted by molar-refractivity contribution is 0.268.